The van der Waals surface area contributed by atoms with Crippen molar-refractivity contribution in [1.29, 1.82) is 0 Å². The molecule has 11 heteroatoms. The zero-order chi connectivity index (χ0) is 26.6. The van der Waals surface area contributed by atoms with Gasteiger partial charge in [0.25, 0.3) is 0 Å². The molecule has 1 saturated heterocycles. The van der Waals surface area contributed by atoms with Gasteiger partial charge < -0.3 is 48.1 Å². The number of hydrogen-bond acceptors (Lipinski definition) is 11. The van der Waals surface area contributed by atoms with Crippen LogP contribution in [0.2, 0.25) is 0 Å². The van der Waals surface area contributed by atoms with E-state index in [0.29, 0.717) is 37.9 Å². The van der Waals surface area contributed by atoms with E-state index < -0.39 is 17.9 Å². The number of hydrogen-bond donors (Lipinski definition) is 2. The van der Waals surface area contributed by atoms with Gasteiger partial charge in [-0.15, -0.1) is 0 Å². The van der Waals surface area contributed by atoms with Gasteiger partial charge in [0.2, 0.25) is 12.5 Å². The number of cyclic esters (lactones) is 1. The van der Waals surface area contributed by atoms with Crippen LogP contribution in [0.1, 0.15) is 28.7 Å². The molecule has 4 atom stereocenters. The van der Waals surface area contributed by atoms with Gasteiger partial charge in [-0.25, -0.2) is 0 Å². The molecule has 38 heavy (non-hydrogen) atoms. The molecule has 1 aliphatic carbocycles. The first-order valence-electron chi connectivity index (χ1n) is 12.5. The predicted octanol–water partition coefficient (Wildman–Crippen LogP) is 2.16. The van der Waals surface area contributed by atoms with Gasteiger partial charge in [0, 0.05) is 11.8 Å². The van der Waals surface area contributed by atoms with Crippen LogP contribution in [0.15, 0.2) is 24.3 Å². The van der Waals surface area contributed by atoms with Gasteiger partial charge >= 0.3 is 5.97 Å². The Bertz CT molecular complexity index is 1130. The second kappa shape index (κ2) is 11.6. The molecule has 2 aromatic rings. The largest absolute Gasteiger partial charge is 0.502 e. The SMILES string of the molecule is COc1cc([C@@H]2c3cc4c(cc3[C@@H](OCCOCCOCCO)[C@H]3COC(=O)[C@H]23)OCO4)cc(OC)c1O. The van der Waals surface area contributed by atoms with Gasteiger partial charge in [-0.2, -0.15) is 0 Å². The first-order valence-corrected chi connectivity index (χ1v) is 12.5. The van der Waals surface area contributed by atoms with Crippen LogP contribution in [0.5, 0.6) is 28.7 Å². The Balaban J connectivity index is 1.48. The Morgan fingerprint density at radius 2 is 1.50 bits per heavy atom. The number of phenolic OH excluding ortho intramolecular Hbond substituents is 1. The Morgan fingerprint density at radius 1 is 0.868 bits per heavy atom. The summed E-state index contributed by atoms with van der Waals surface area (Å²) in [6.07, 6.45) is -0.442. The number of rotatable bonds is 12. The molecule has 0 aromatic heterocycles. The summed E-state index contributed by atoms with van der Waals surface area (Å²) in [5, 5.41) is 19.3. The van der Waals surface area contributed by atoms with E-state index in [1.165, 1.54) is 14.2 Å². The van der Waals surface area contributed by atoms with Crippen molar-refractivity contribution < 1.29 is 52.9 Å². The summed E-state index contributed by atoms with van der Waals surface area (Å²) in [7, 11) is 2.92. The van der Waals surface area contributed by atoms with Gasteiger partial charge in [-0.05, 0) is 41.0 Å². The van der Waals surface area contributed by atoms with Crippen molar-refractivity contribution in [3.8, 4) is 28.7 Å². The van der Waals surface area contributed by atoms with Gasteiger partial charge in [0.05, 0.1) is 72.5 Å². The predicted molar refractivity (Wildman–Crippen MR) is 131 cm³/mol. The number of methoxy groups -OCH3 is 2. The number of carbonyl (C=O) groups excluding carboxylic acids is 1. The fourth-order valence-electron chi connectivity index (χ4n) is 5.44. The van der Waals surface area contributed by atoms with Crippen molar-refractivity contribution in [3.05, 3.63) is 41.0 Å². The third-order valence-electron chi connectivity index (χ3n) is 7.11. The molecule has 1 fully saturated rings. The van der Waals surface area contributed by atoms with E-state index in [4.69, 9.17) is 43.0 Å². The van der Waals surface area contributed by atoms with Gasteiger partial charge in [0.15, 0.2) is 23.0 Å². The van der Waals surface area contributed by atoms with E-state index in [1.54, 1.807) is 12.1 Å². The van der Waals surface area contributed by atoms with Crippen LogP contribution < -0.4 is 18.9 Å². The van der Waals surface area contributed by atoms with E-state index in [-0.39, 0.29) is 55.7 Å². The maximum Gasteiger partial charge on any atom is 0.310 e. The summed E-state index contributed by atoms with van der Waals surface area (Å²) in [6.45, 7) is 1.94. The lowest BCUT2D eigenvalue weighted by atomic mass is 9.66. The zero-order valence-corrected chi connectivity index (χ0v) is 21.3. The number of phenols is 1. The van der Waals surface area contributed by atoms with Crippen molar-refractivity contribution in [2.75, 3.05) is 67.3 Å². The molecule has 3 aliphatic rings. The van der Waals surface area contributed by atoms with E-state index in [9.17, 15) is 9.90 Å². The van der Waals surface area contributed by atoms with Crippen molar-refractivity contribution >= 4 is 5.97 Å². The summed E-state index contributed by atoms with van der Waals surface area (Å²) in [4.78, 5) is 13.2. The molecule has 0 bridgehead atoms. The lowest BCUT2D eigenvalue weighted by molar-refractivity contribution is -0.141. The highest BCUT2D eigenvalue weighted by Gasteiger charge is 2.53. The molecule has 11 nitrogen and oxygen atoms in total. The first-order chi connectivity index (χ1) is 18.6. The minimum absolute atomic E-state index is 0.0310. The van der Waals surface area contributed by atoms with Crippen LogP contribution in [0.4, 0.5) is 0 Å². The first kappa shape index (κ1) is 26.4. The molecule has 2 N–H and O–H groups in total. The second-order valence-corrected chi connectivity index (χ2v) is 9.15. The third-order valence-corrected chi connectivity index (χ3v) is 7.11. The summed E-state index contributed by atoms with van der Waals surface area (Å²) < 4.78 is 44.8. The number of benzene rings is 2. The number of esters is 1. The molecule has 2 heterocycles. The maximum absolute atomic E-state index is 13.2. The van der Waals surface area contributed by atoms with Crippen LogP contribution >= 0.6 is 0 Å². The van der Waals surface area contributed by atoms with E-state index in [1.807, 2.05) is 12.1 Å². The molecular weight excluding hydrogens is 500 g/mol. The summed E-state index contributed by atoms with van der Waals surface area (Å²) in [5.41, 5.74) is 2.44. The van der Waals surface area contributed by atoms with Crippen molar-refractivity contribution in [2.24, 2.45) is 11.8 Å². The number of carbonyl (C=O) groups is 1. The Hall–Kier alpha value is -3.25. The van der Waals surface area contributed by atoms with Crippen molar-refractivity contribution in [1.82, 2.24) is 0 Å². The molecule has 2 aromatic carbocycles. The molecule has 0 radical (unpaired) electrons. The average Bonchev–Trinajstić information content (AvgIpc) is 3.55. The van der Waals surface area contributed by atoms with Crippen LogP contribution in [0.3, 0.4) is 0 Å². The van der Waals surface area contributed by atoms with Gasteiger partial charge in [-0.1, -0.05) is 0 Å². The molecule has 5 rings (SSSR count). The van der Waals surface area contributed by atoms with Crippen LogP contribution in [0.25, 0.3) is 0 Å². The zero-order valence-electron chi connectivity index (χ0n) is 21.3. The Labute approximate surface area is 220 Å². The van der Waals surface area contributed by atoms with E-state index in [2.05, 4.69) is 0 Å². The number of aliphatic hydroxyl groups is 1. The minimum atomic E-state index is -0.542. The normalized spacial score (nSPS) is 23.1. The Kier molecular flexibility index (Phi) is 8.08. The second-order valence-electron chi connectivity index (χ2n) is 9.15. The monoisotopic (exact) mass is 532 g/mol. The van der Waals surface area contributed by atoms with E-state index >= 15 is 0 Å². The van der Waals surface area contributed by atoms with Crippen molar-refractivity contribution in [3.63, 3.8) is 0 Å². The van der Waals surface area contributed by atoms with Crippen molar-refractivity contribution in [2.45, 2.75) is 12.0 Å². The molecule has 206 valence electrons. The summed E-state index contributed by atoms with van der Waals surface area (Å²) in [6, 6.07) is 7.23. The fraction of sp³-hybridized carbons (Fsp3) is 0.519. The summed E-state index contributed by atoms with van der Waals surface area (Å²) >= 11 is 0. The number of fused-ring (bicyclic) bond motifs is 3. The maximum atomic E-state index is 13.2. The molecule has 0 amide bonds. The summed E-state index contributed by atoms with van der Waals surface area (Å²) in [5.74, 6) is 0.000760. The molecule has 0 unspecified atom stereocenters. The van der Waals surface area contributed by atoms with Gasteiger partial charge in [-0.3, -0.25) is 4.79 Å². The van der Waals surface area contributed by atoms with Crippen LogP contribution in [0, 0.1) is 11.8 Å². The van der Waals surface area contributed by atoms with E-state index in [0.717, 1.165) is 16.7 Å². The lowest BCUT2D eigenvalue weighted by Crippen LogP contribution is -2.36. The van der Waals surface area contributed by atoms with Crippen LogP contribution in [-0.4, -0.2) is 83.4 Å². The van der Waals surface area contributed by atoms with Gasteiger partial charge in [0.1, 0.15) is 0 Å². The third kappa shape index (κ3) is 4.94. The Morgan fingerprint density at radius 3 is 2.16 bits per heavy atom. The minimum Gasteiger partial charge on any atom is -0.502 e. The average molecular weight is 533 g/mol. The molecular formula is C27H32O11. The smallest absolute Gasteiger partial charge is 0.310 e. The molecule has 0 saturated carbocycles. The number of ether oxygens (including phenoxy) is 8. The topological polar surface area (TPSA) is 131 Å². The number of aromatic hydroxyl groups is 1. The highest BCUT2D eigenvalue weighted by atomic mass is 16.7. The lowest BCUT2D eigenvalue weighted by Gasteiger charge is -2.39. The number of aliphatic hydroxyl groups excluding tert-OH is 1. The highest BCUT2D eigenvalue weighted by Crippen LogP contribution is 2.56. The fourth-order valence-corrected chi connectivity index (χ4v) is 5.44. The molecule has 2 aliphatic heterocycles. The standard InChI is InChI=1S/C27H32O11/c1-31-21-9-15(10-22(32-2)25(21)29)23-16-11-19-20(38-14-37-19)12-17(16)26(18-13-36-27(30)24(18)23)35-8-7-34-6-5-33-4-3-28/h9-12,18,23-24,26,28-29H,3-8,13-14H2,1-2H3/t18-,23+,24-,26+/m0/s1. The quantitative estimate of drug-likeness (QED) is 0.308. The highest BCUT2D eigenvalue weighted by molar-refractivity contribution is 5.79. The molecule has 0 spiro atoms. The van der Waals surface area contributed by atoms with Crippen LogP contribution in [-0.2, 0) is 23.7 Å².